The molecule has 0 heterocycles. The molecular weight excluding hydrogens is 402 g/mol. The van der Waals surface area contributed by atoms with Crippen molar-refractivity contribution in [1.29, 1.82) is 0 Å². The van der Waals surface area contributed by atoms with E-state index in [0.29, 0.717) is 11.5 Å². The molecule has 0 radical (unpaired) electrons. The molecule has 2 aromatic rings. The molecule has 0 aliphatic rings. The molecule has 1 amide bonds. The molecule has 0 atom stereocenters. The second-order valence-electron chi connectivity index (χ2n) is 8.03. The van der Waals surface area contributed by atoms with Crippen molar-refractivity contribution in [1.82, 2.24) is 5.32 Å². The van der Waals surface area contributed by atoms with Crippen LogP contribution >= 0.6 is 0 Å². The largest absolute Gasteiger partial charge is 0.508 e. The van der Waals surface area contributed by atoms with Crippen molar-refractivity contribution in [2.24, 2.45) is 0 Å². The second kappa shape index (κ2) is 9.98. The minimum Gasteiger partial charge on any atom is -0.508 e. The van der Waals surface area contributed by atoms with Crippen LogP contribution in [0.4, 0.5) is 0 Å². The number of nitrogens with one attached hydrogen (secondary N) is 1. The van der Waals surface area contributed by atoms with Crippen LogP contribution in [0.25, 0.3) is 0 Å². The fraction of sp³-hybridized carbons (Fsp3) is 0.435. The molecule has 30 heavy (non-hydrogen) atoms. The van der Waals surface area contributed by atoms with E-state index in [4.69, 9.17) is 4.74 Å². The molecule has 7 heteroatoms. The van der Waals surface area contributed by atoms with E-state index >= 15 is 0 Å². The molecule has 164 valence electrons. The van der Waals surface area contributed by atoms with Crippen LogP contribution in [0.5, 0.6) is 11.5 Å². The van der Waals surface area contributed by atoms with Crippen molar-refractivity contribution in [2.45, 2.75) is 40.0 Å². The van der Waals surface area contributed by atoms with Crippen molar-refractivity contribution < 1.29 is 23.1 Å². The molecule has 2 aromatic carbocycles. The number of aryl methyl sites for hydroxylation is 2. The van der Waals surface area contributed by atoms with Gasteiger partial charge in [-0.1, -0.05) is 26.0 Å². The van der Waals surface area contributed by atoms with Gasteiger partial charge >= 0.3 is 0 Å². The minimum absolute atomic E-state index is 0.0724. The van der Waals surface area contributed by atoms with Crippen LogP contribution in [0, 0.1) is 13.8 Å². The van der Waals surface area contributed by atoms with Crippen molar-refractivity contribution in [3.8, 4) is 11.5 Å². The molecule has 0 saturated heterocycles. The quantitative estimate of drug-likeness (QED) is 0.633. The van der Waals surface area contributed by atoms with E-state index in [9.17, 15) is 18.3 Å². The van der Waals surface area contributed by atoms with Gasteiger partial charge in [0, 0.05) is 12.8 Å². The van der Waals surface area contributed by atoms with Gasteiger partial charge in [-0.25, -0.2) is 8.42 Å². The summed E-state index contributed by atoms with van der Waals surface area (Å²) in [5.41, 5.74) is 5.36. The number of rotatable bonds is 9. The highest BCUT2D eigenvalue weighted by atomic mass is 32.2. The van der Waals surface area contributed by atoms with Gasteiger partial charge < -0.3 is 15.2 Å². The molecule has 0 unspecified atom stereocenters. The first-order valence-corrected chi connectivity index (χ1v) is 12.0. The van der Waals surface area contributed by atoms with Gasteiger partial charge in [-0.15, -0.1) is 0 Å². The zero-order valence-electron chi connectivity index (χ0n) is 18.3. The SMILES string of the molecule is Cc1cc(OCC(=O)NCCS(C)(=O)=O)cc(C)c1Cc1ccc(O)c(C(C)C)c1. The van der Waals surface area contributed by atoms with Gasteiger partial charge in [-0.2, -0.15) is 0 Å². The third-order valence-electron chi connectivity index (χ3n) is 4.93. The molecule has 0 aromatic heterocycles. The summed E-state index contributed by atoms with van der Waals surface area (Å²) in [6.45, 7) is 8.02. The minimum atomic E-state index is -3.11. The molecule has 0 saturated carbocycles. The predicted octanol–water partition coefficient (Wildman–Crippen LogP) is 3.26. The summed E-state index contributed by atoms with van der Waals surface area (Å²) in [7, 11) is -3.11. The number of aromatic hydroxyl groups is 1. The lowest BCUT2D eigenvalue weighted by Crippen LogP contribution is -2.32. The maximum atomic E-state index is 11.8. The van der Waals surface area contributed by atoms with Gasteiger partial charge in [0.05, 0.1) is 5.75 Å². The fourth-order valence-corrected chi connectivity index (χ4v) is 3.74. The Bertz CT molecular complexity index is 989. The van der Waals surface area contributed by atoms with E-state index in [2.05, 4.69) is 19.2 Å². The number of ether oxygens (including phenoxy) is 1. The van der Waals surface area contributed by atoms with Crippen molar-refractivity contribution in [2.75, 3.05) is 25.2 Å². The molecule has 0 spiro atoms. The van der Waals surface area contributed by atoms with Gasteiger partial charge in [0.2, 0.25) is 0 Å². The summed E-state index contributed by atoms with van der Waals surface area (Å²) < 4.78 is 27.8. The Morgan fingerprint density at radius 3 is 2.33 bits per heavy atom. The standard InChI is InChI=1S/C23H31NO5S/c1-15(2)20-12-18(6-7-22(20)25)13-21-16(3)10-19(11-17(21)4)29-14-23(26)24-8-9-30(5,27)28/h6-7,10-12,15,25H,8-9,13-14H2,1-5H3,(H,24,26). The van der Waals surface area contributed by atoms with Gasteiger partial charge in [-0.3, -0.25) is 4.79 Å². The van der Waals surface area contributed by atoms with E-state index in [1.165, 1.54) is 5.56 Å². The third kappa shape index (κ3) is 7.06. The number of hydrogen-bond donors (Lipinski definition) is 2. The van der Waals surface area contributed by atoms with E-state index in [0.717, 1.165) is 34.9 Å². The number of benzene rings is 2. The van der Waals surface area contributed by atoms with Gasteiger partial charge in [-0.05, 0) is 72.2 Å². The average molecular weight is 434 g/mol. The van der Waals surface area contributed by atoms with Crippen LogP contribution in [-0.4, -0.2) is 44.6 Å². The van der Waals surface area contributed by atoms with Gasteiger partial charge in [0.15, 0.2) is 6.61 Å². The van der Waals surface area contributed by atoms with Crippen molar-refractivity contribution in [3.05, 3.63) is 58.1 Å². The number of carbonyl (C=O) groups excluding carboxylic acids is 1. The summed E-state index contributed by atoms with van der Waals surface area (Å²) in [6, 6.07) is 9.52. The normalized spacial score (nSPS) is 11.5. The monoisotopic (exact) mass is 433 g/mol. The highest BCUT2D eigenvalue weighted by Gasteiger charge is 2.12. The summed E-state index contributed by atoms with van der Waals surface area (Å²) in [6.07, 6.45) is 1.87. The summed E-state index contributed by atoms with van der Waals surface area (Å²) in [5.74, 6) is 0.706. The number of sulfone groups is 1. The fourth-order valence-electron chi connectivity index (χ4n) is 3.27. The maximum Gasteiger partial charge on any atom is 0.257 e. The Hall–Kier alpha value is -2.54. The lowest BCUT2D eigenvalue weighted by atomic mass is 9.93. The number of hydrogen-bond acceptors (Lipinski definition) is 5. The van der Waals surface area contributed by atoms with E-state index < -0.39 is 9.84 Å². The third-order valence-corrected chi connectivity index (χ3v) is 5.88. The lowest BCUT2D eigenvalue weighted by Gasteiger charge is -2.15. The van der Waals surface area contributed by atoms with Crippen molar-refractivity contribution >= 4 is 15.7 Å². The van der Waals surface area contributed by atoms with Crippen LogP contribution < -0.4 is 10.1 Å². The van der Waals surface area contributed by atoms with Gasteiger partial charge in [0.1, 0.15) is 21.3 Å². The van der Waals surface area contributed by atoms with Crippen LogP contribution in [0.2, 0.25) is 0 Å². The van der Waals surface area contributed by atoms with E-state index in [1.54, 1.807) is 6.07 Å². The Kier molecular flexibility index (Phi) is 7.89. The summed E-state index contributed by atoms with van der Waals surface area (Å²) >= 11 is 0. The van der Waals surface area contributed by atoms with E-state index in [-0.39, 0.29) is 30.7 Å². The van der Waals surface area contributed by atoms with Crippen LogP contribution in [0.1, 0.15) is 47.6 Å². The maximum absolute atomic E-state index is 11.8. The Morgan fingerprint density at radius 2 is 1.77 bits per heavy atom. The number of phenolic OH excluding ortho intramolecular Hbond substituents is 1. The zero-order chi connectivity index (χ0) is 22.5. The topological polar surface area (TPSA) is 92.7 Å². The van der Waals surface area contributed by atoms with E-state index in [1.807, 2.05) is 38.1 Å². The molecule has 0 bridgehead atoms. The van der Waals surface area contributed by atoms with Crippen molar-refractivity contribution in [3.63, 3.8) is 0 Å². The Labute approximate surface area is 179 Å². The summed E-state index contributed by atoms with van der Waals surface area (Å²) in [5, 5.41) is 12.6. The first kappa shape index (κ1) is 23.7. The smallest absolute Gasteiger partial charge is 0.257 e. The number of amides is 1. The number of carbonyl (C=O) groups is 1. The highest BCUT2D eigenvalue weighted by molar-refractivity contribution is 7.90. The second-order valence-corrected chi connectivity index (χ2v) is 10.3. The highest BCUT2D eigenvalue weighted by Crippen LogP contribution is 2.29. The Balaban J connectivity index is 2.03. The molecular formula is C23H31NO5S. The predicted molar refractivity (Wildman–Crippen MR) is 119 cm³/mol. The number of phenols is 1. The molecule has 2 rings (SSSR count). The molecule has 0 aliphatic heterocycles. The van der Waals surface area contributed by atoms with Crippen LogP contribution in [-0.2, 0) is 21.1 Å². The van der Waals surface area contributed by atoms with Gasteiger partial charge in [0.25, 0.3) is 5.91 Å². The van der Waals surface area contributed by atoms with Crippen LogP contribution in [0.15, 0.2) is 30.3 Å². The van der Waals surface area contributed by atoms with Crippen LogP contribution in [0.3, 0.4) is 0 Å². The first-order chi connectivity index (χ1) is 14.0. The summed E-state index contributed by atoms with van der Waals surface area (Å²) in [4.78, 5) is 11.8. The zero-order valence-corrected chi connectivity index (χ0v) is 19.1. The molecule has 6 nitrogen and oxygen atoms in total. The molecule has 0 aliphatic carbocycles. The lowest BCUT2D eigenvalue weighted by molar-refractivity contribution is -0.122. The molecule has 2 N–H and O–H groups in total. The molecule has 0 fully saturated rings. The average Bonchev–Trinajstić information content (AvgIpc) is 2.63. The first-order valence-electron chi connectivity index (χ1n) is 9.95. The Morgan fingerprint density at radius 1 is 1.13 bits per heavy atom.